The lowest BCUT2D eigenvalue weighted by Crippen LogP contribution is -2.36. The van der Waals surface area contributed by atoms with Crippen molar-refractivity contribution in [2.24, 2.45) is 0 Å². The molecule has 0 aliphatic rings. The van der Waals surface area contributed by atoms with E-state index in [1.165, 1.54) is 11.3 Å². The molecule has 0 radical (unpaired) electrons. The van der Waals surface area contributed by atoms with Crippen molar-refractivity contribution in [3.8, 4) is 17.1 Å². The first-order valence-electron chi connectivity index (χ1n) is 10.1. The molecule has 0 bridgehead atoms. The van der Waals surface area contributed by atoms with Gasteiger partial charge in [0.2, 0.25) is 4.96 Å². The van der Waals surface area contributed by atoms with Crippen molar-refractivity contribution >= 4 is 33.8 Å². The van der Waals surface area contributed by atoms with E-state index in [4.69, 9.17) is 4.74 Å². The number of benzene rings is 2. The van der Waals surface area contributed by atoms with Gasteiger partial charge in [-0.05, 0) is 55.3 Å². The second-order valence-electron chi connectivity index (χ2n) is 7.29. The van der Waals surface area contributed by atoms with E-state index in [9.17, 15) is 9.59 Å². The minimum atomic E-state index is -0.684. The van der Waals surface area contributed by atoms with Crippen molar-refractivity contribution in [3.05, 3.63) is 64.7 Å². The van der Waals surface area contributed by atoms with Crippen LogP contribution in [0, 0.1) is 13.8 Å². The van der Waals surface area contributed by atoms with Crippen molar-refractivity contribution in [1.82, 2.24) is 19.9 Å². The van der Waals surface area contributed by atoms with Crippen LogP contribution in [0.3, 0.4) is 0 Å². The molecule has 0 spiro atoms. The number of amides is 2. The Morgan fingerprint density at radius 3 is 2.62 bits per heavy atom. The van der Waals surface area contributed by atoms with Crippen LogP contribution in [0.5, 0.6) is 5.75 Å². The number of carbonyl (C=O) groups excluding carboxylic acids is 2. The Hall–Kier alpha value is -3.72. The molecule has 0 aliphatic carbocycles. The molecule has 0 fully saturated rings. The molecule has 2 N–H and O–H groups in total. The summed E-state index contributed by atoms with van der Waals surface area (Å²) in [7, 11) is 1.62. The molecule has 32 heavy (non-hydrogen) atoms. The largest absolute Gasteiger partial charge is 0.497 e. The average Bonchev–Trinajstić information content (AvgIpc) is 3.38. The Balaban J connectivity index is 1.36. The van der Waals surface area contributed by atoms with Crippen molar-refractivity contribution in [3.63, 3.8) is 0 Å². The van der Waals surface area contributed by atoms with E-state index in [1.807, 2.05) is 55.6 Å². The fourth-order valence-corrected chi connectivity index (χ4v) is 4.07. The van der Waals surface area contributed by atoms with Crippen molar-refractivity contribution in [2.75, 3.05) is 19.0 Å². The van der Waals surface area contributed by atoms with E-state index in [-0.39, 0.29) is 0 Å². The molecule has 0 saturated heterocycles. The second kappa shape index (κ2) is 9.19. The number of aromatic nitrogens is 3. The number of anilines is 1. The van der Waals surface area contributed by atoms with Gasteiger partial charge in [-0.15, -0.1) is 16.4 Å². The molecule has 164 valence electrons. The Morgan fingerprint density at radius 2 is 1.88 bits per heavy atom. The van der Waals surface area contributed by atoms with Crippen LogP contribution in [0.25, 0.3) is 16.3 Å². The molecule has 0 atom stereocenters. The maximum absolute atomic E-state index is 12.2. The summed E-state index contributed by atoms with van der Waals surface area (Å²) in [6.45, 7) is 4.17. The van der Waals surface area contributed by atoms with Gasteiger partial charge in [-0.3, -0.25) is 9.59 Å². The van der Waals surface area contributed by atoms with Gasteiger partial charge >= 0.3 is 11.8 Å². The molecule has 2 heterocycles. The van der Waals surface area contributed by atoms with Crippen LogP contribution in [0.2, 0.25) is 0 Å². The highest BCUT2D eigenvalue weighted by Gasteiger charge is 2.16. The Morgan fingerprint density at radius 1 is 1.09 bits per heavy atom. The summed E-state index contributed by atoms with van der Waals surface area (Å²) in [5, 5.41) is 11.9. The van der Waals surface area contributed by atoms with Crippen LogP contribution >= 0.6 is 11.3 Å². The van der Waals surface area contributed by atoms with Gasteiger partial charge in [0.15, 0.2) is 5.82 Å². The SMILES string of the molecule is COc1ccc(-c2nc3scc(CCNC(=O)C(=O)Nc4cccc(C)c4C)n3n2)cc1. The van der Waals surface area contributed by atoms with E-state index < -0.39 is 11.8 Å². The summed E-state index contributed by atoms with van der Waals surface area (Å²) in [4.78, 5) is 29.8. The highest BCUT2D eigenvalue weighted by atomic mass is 32.1. The number of rotatable bonds is 6. The first-order chi connectivity index (χ1) is 15.5. The maximum Gasteiger partial charge on any atom is 0.313 e. The van der Waals surface area contributed by atoms with Crippen LogP contribution in [0.1, 0.15) is 16.8 Å². The van der Waals surface area contributed by atoms with Crippen LogP contribution in [0.4, 0.5) is 5.69 Å². The van der Waals surface area contributed by atoms with E-state index >= 15 is 0 Å². The standard InChI is InChI=1S/C23H23N5O3S/c1-14-5-4-6-19(15(14)2)25-22(30)21(29)24-12-11-17-13-32-23-26-20(27-28(17)23)16-7-9-18(31-3)10-8-16/h4-10,13H,11-12H2,1-3H3,(H,24,29)(H,25,30). The zero-order valence-electron chi connectivity index (χ0n) is 18.0. The zero-order chi connectivity index (χ0) is 22.7. The summed E-state index contributed by atoms with van der Waals surface area (Å²) in [5.74, 6) is 0.0390. The number of carbonyl (C=O) groups is 2. The molecule has 4 rings (SSSR count). The van der Waals surface area contributed by atoms with E-state index in [1.54, 1.807) is 17.7 Å². The monoisotopic (exact) mass is 449 g/mol. The predicted molar refractivity (Wildman–Crippen MR) is 124 cm³/mol. The van der Waals surface area contributed by atoms with Gasteiger partial charge < -0.3 is 15.4 Å². The van der Waals surface area contributed by atoms with Crippen molar-refractivity contribution in [1.29, 1.82) is 0 Å². The molecule has 2 aromatic heterocycles. The molecule has 8 nitrogen and oxygen atoms in total. The predicted octanol–water partition coefficient (Wildman–Crippen LogP) is 3.38. The van der Waals surface area contributed by atoms with E-state index in [0.717, 1.165) is 33.1 Å². The number of nitrogens with zero attached hydrogens (tertiary/aromatic N) is 3. The lowest BCUT2D eigenvalue weighted by molar-refractivity contribution is -0.136. The van der Waals surface area contributed by atoms with Gasteiger partial charge in [0.05, 0.1) is 12.8 Å². The summed E-state index contributed by atoms with van der Waals surface area (Å²) < 4.78 is 6.96. The molecule has 4 aromatic rings. The molecule has 2 amide bonds. The highest BCUT2D eigenvalue weighted by Crippen LogP contribution is 2.23. The number of hydrogen-bond acceptors (Lipinski definition) is 6. The minimum Gasteiger partial charge on any atom is -0.497 e. The number of nitrogens with one attached hydrogen (secondary N) is 2. The fourth-order valence-electron chi connectivity index (χ4n) is 3.21. The number of aryl methyl sites for hydroxylation is 1. The zero-order valence-corrected chi connectivity index (χ0v) is 18.8. The third kappa shape index (κ3) is 4.47. The highest BCUT2D eigenvalue weighted by molar-refractivity contribution is 7.15. The molecular formula is C23H23N5O3S. The van der Waals surface area contributed by atoms with Crippen molar-refractivity contribution in [2.45, 2.75) is 20.3 Å². The molecule has 0 unspecified atom stereocenters. The third-order valence-corrected chi connectivity index (χ3v) is 6.09. The number of methoxy groups -OCH3 is 1. The normalized spacial score (nSPS) is 10.8. The quantitative estimate of drug-likeness (QED) is 0.440. The van der Waals surface area contributed by atoms with Gasteiger partial charge in [-0.2, -0.15) is 4.98 Å². The van der Waals surface area contributed by atoms with Gasteiger partial charge in [-0.25, -0.2) is 4.52 Å². The van der Waals surface area contributed by atoms with Gasteiger partial charge in [0.1, 0.15) is 5.75 Å². The van der Waals surface area contributed by atoms with Crippen LogP contribution in [-0.4, -0.2) is 40.1 Å². The van der Waals surface area contributed by atoms with Crippen LogP contribution < -0.4 is 15.4 Å². The molecule has 9 heteroatoms. The number of fused-ring (bicyclic) bond motifs is 1. The molecule has 2 aromatic carbocycles. The number of thiazole rings is 1. The summed E-state index contributed by atoms with van der Waals surface area (Å²) >= 11 is 1.48. The lowest BCUT2D eigenvalue weighted by atomic mass is 10.1. The van der Waals surface area contributed by atoms with E-state index in [0.29, 0.717) is 24.5 Å². The fraction of sp³-hybridized carbons (Fsp3) is 0.217. The van der Waals surface area contributed by atoms with Gasteiger partial charge in [0, 0.05) is 29.6 Å². The second-order valence-corrected chi connectivity index (χ2v) is 8.13. The summed E-state index contributed by atoms with van der Waals surface area (Å²) in [6, 6.07) is 13.1. The first-order valence-corrected chi connectivity index (χ1v) is 11.0. The van der Waals surface area contributed by atoms with Gasteiger partial charge in [-0.1, -0.05) is 12.1 Å². The summed E-state index contributed by atoms with van der Waals surface area (Å²) in [5.41, 5.74) is 4.43. The van der Waals surface area contributed by atoms with Crippen LogP contribution in [0.15, 0.2) is 47.8 Å². The smallest absolute Gasteiger partial charge is 0.313 e. The average molecular weight is 450 g/mol. The maximum atomic E-state index is 12.2. The first kappa shape index (κ1) is 21.5. The van der Waals surface area contributed by atoms with Crippen molar-refractivity contribution < 1.29 is 14.3 Å². The Labute approximate surface area is 189 Å². The van der Waals surface area contributed by atoms with Gasteiger partial charge in [0.25, 0.3) is 0 Å². The summed E-state index contributed by atoms with van der Waals surface area (Å²) in [6.07, 6.45) is 0.522. The van der Waals surface area contributed by atoms with Crippen LogP contribution in [-0.2, 0) is 16.0 Å². The van der Waals surface area contributed by atoms with E-state index in [2.05, 4.69) is 20.7 Å². The Kier molecular flexibility index (Phi) is 6.18. The Bertz CT molecular complexity index is 1280. The minimum absolute atomic E-state index is 0.308. The third-order valence-electron chi connectivity index (χ3n) is 5.22. The topological polar surface area (TPSA) is 97.6 Å². The number of ether oxygens (including phenoxy) is 1. The molecule has 0 aliphatic heterocycles. The number of hydrogen-bond donors (Lipinski definition) is 2. The lowest BCUT2D eigenvalue weighted by Gasteiger charge is -2.10. The molecule has 0 saturated carbocycles. The molecular weight excluding hydrogens is 426 g/mol.